The van der Waals surface area contributed by atoms with Gasteiger partial charge >= 0.3 is 27.3 Å². The van der Waals surface area contributed by atoms with Gasteiger partial charge in [-0.25, -0.2) is 0 Å². The zero-order chi connectivity index (χ0) is 8.69. The SMILES string of the molecule is NC(=O)C=CCC=CC(N)=O.[PbH2]. The molecule has 66 valence electrons. The maximum absolute atomic E-state index is 10.1. The van der Waals surface area contributed by atoms with Gasteiger partial charge in [0, 0.05) is 0 Å². The zero-order valence-electron chi connectivity index (χ0n) is 6.69. The minimum atomic E-state index is -0.502. The molecule has 0 fully saturated rings. The summed E-state index contributed by atoms with van der Waals surface area (Å²) in [5, 5.41) is 0. The number of hydrogen-bond donors (Lipinski definition) is 2. The van der Waals surface area contributed by atoms with E-state index in [9.17, 15) is 9.59 Å². The Bertz CT molecular complexity index is 189. The molecule has 0 aliphatic rings. The molecule has 0 bridgehead atoms. The van der Waals surface area contributed by atoms with Gasteiger partial charge in [0.2, 0.25) is 11.8 Å². The summed E-state index contributed by atoms with van der Waals surface area (Å²) < 4.78 is 0. The Hall–Kier alpha value is -0.658. The van der Waals surface area contributed by atoms with Crippen LogP contribution in [-0.4, -0.2) is 39.1 Å². The van der Waals surface area contributed by atoms with Gasteiger partial charge in [-0.05, 0) is 18.6 Å². The molecule has 0 heterocycles. The van der Waals surface area contributed by atoms with Gasteiger partial charge in [0.05, 0.1) is 0 Å². The first-order chi connectivity index (χ1) is 5.13. The van der Waals surface area contributed by atoms with Gasteiger partial charge in [-0.3, -0.25) is 9.59 Å². The van der Waals surface area contributed by atoms with Crippen molar-refractivity contribution >= 4 is 39.1 Å². The van der Waals surface area contributed by atoms with Crippen LogP contribution in [0.3, 0.4) is 0 Å². The predicted octanol–water partition coefficient (Wildman–Crippen LogP) is -1.46. The molecule has 0 aromatic heterocycles. The van der Waals surface area contributed by atoms with Crippen molar-refractivity contribution in [3.8, 4) is 0 Å². The monoisotopic (exact) mass is 364 g/mol. The van der Waals surface area contributed by atoms with Crippen molar-refractivity contribution in [3.05, 3.63) is 24.3 Å². The Morgan fingerprint density at radius 1 is 1.00 bits per heavy atom. The average Bonchev–Trinajstić information content (AvgIpc) is 1.85. The number of amides is 2. The summed E-state index contributed by atoms with van der Waals surface area (Å²) in [6, 6.07) is 0. The minimum absolute atomic E-state index is 0. The Labute approximate surface area is 90.8 Å². The van der Waals surface area contributed by atoms with E-state index in [2.05, 4.69) is 0 Å². The number of hydrogen-bond acceptors (Lipinski definition) is 2. The number of nitrogens with two attached hydrogens (primary N) is 2. The van der Waals surface area contributed by atoms with Crippen LogP contribution in [0.25, 0.3) is 0 Å². The molecule has 0 unspecified atom stereocenters. The molecule has 4 N–H and O–H groups in total. The fourth-order valence-corrected chi connectivity index (χ4v) is 0.447. The van der Waals surface area contributed by atoms with Crippen molar-refractivity contribution in [2.75, 3.05) is 0 Å². The zero-order valence-corrected chi connectivity index (χ0v) is 12.2. The third-order valence-electron chi connectivity index (χ3n) is 0.836. The van der Waals surface area contributed by atoms with E-state index in [0.29, 0.717) is 6.42 Å². The molecule has 0 atom stereocenters. The van der Waals surface area contributed by atoms with Crippen molar-refractivity contribution in [1.29, 1.82) is 0 Å². The fraction of sp³-hybridized carbons (Fsp3) is 0.143. The van der Waals surface area contributed by atoms with Crippen LogP contribution in [0.5, 0.6) is 0 Å². The van der Waals surface area contributed by atoms with Crippen LogP contribution in [0.4, 0.5) is 0 Å². The summed E-state index contributed by atoms with van der Waals surface area (Å²) in [7, 11) is 0. The first-order valence-corrected chi connectivity index (χ1v) is 3.05. The summed E-state index contributed by atoms with van der Waals surface area (Å²) >= 11 is 0. The summed E-state index contributed by atoms with van der Waals surface area (Å²) in [5.74, 6) is -1.00. The number of carbonyl (C=O) groups excluding carboxylic acids is 2. The molecule has 12 heavy (non-hydrogen) atoms. The Kier molecular flexibility index (Phi) is 9.78. The molecule has 0 saturated carbocycles. The molecule has 0 aromatic rings. The van der Waals surface area contributed by atoms with Crippen LogP contribution < -0.4 is 11.5 Å². The van der Waals surface area contributed by atoms with Crippen molar-refractivity contribution < 1.29 is 9.59 Å². The second-order valence-electron chi connectivity index (χ2n) is 1.85. The average molecular weight is 363 g/mol. The Balaban J connectivity index is 0. The van der Waals surface area contributed by atoms with Gasteiger partial charge in [0.15, 0.2) is 0 Å². The normalized spacial score (nSPS) is 10.0. The fourth-order valence-electron chi connectivity index (χ4n) is 0.447. The van der Waals surface area contributed by atoms with Crippen LogP contribution in [0.15, 0.2) is 24.3 Å². The molecule has 0 spiro atoms. The molecular weight excluding hydrogens is 351 g/mol. The number of rotatable bonds is 4. The molecule has 2 amide bonds. The second kappa shape index (κ2) is 8.44. The van der Waals surface area contributed by atoms with Crippen LogP contribution >= 0.6 is 0 Å². The molecule has 5 heteroatoms. The van der Waals surface area contributed by atoms with Crippen LogP contribution in [0.2, 0.25) is 0 Å². The first-order valence-electron chi connectivity index (χ1n) is 3.05. The quantitative estimate of drug-likeness (QED) is 0.473. The summed E-state index contributed by atoms with van der Waals surface area (Å²) in [6.07, 6.45) is 6.02. The molecule has 4 nitrogen and oxygen atoms in total. The summed E-state index contributed by atoms with van der Waals surface area (Å²) in [6.45, 7) is 0. The predicted molar refractivity (Wildman–Crippen MR) is 49.8 cm³/mol. The number of carbonyl (C=O) groups is 2. The van der Waals surface area contributed by atoms with Gasteiger partial charge in [-0.15, -0.1) is 0 Å². The van der Waals surface area contributed by atoms with E-state index in [0.717, 1.165) is 0 Å². The molecule has 0 aliphatic carbocycles. The molecule has 0 saturated heterocycles. The van der Waals surface area contributed by atoms with E-state index in [1.165, 1.54) is 12.2 Å². The van der Waals surface area contributed by atoms with Crippen molar-refractivity contribution in [2.45, 2.75) is 6.42 Å². The summed E-state index contributed by atoms with van der Waals surface area (Å²) in [5.41, 5.74) is 9.59. The second-order valence-corrected chi connectivity index (χ2v) is 1.85. The van der Waals surface area contributed by atoms with Crippen molar-refractivity contribution in [3.63, 3.8) is 0 Å². The summed E-state index contributed by atoms with van der Waals surface area (Å²) in [4.78, 5) is 20.2. The topological polar surface area (TPSA) is 86.2 Å². The van der Waals surface area contributed by atoms with Gasteiger partial charge in [0.1, 0.15) is 0 Å². The van der Waals surface area contributed by atoms with E-state index < -0.39 is 11.8 Å². The number of allylic oxidation sites excluding steroid dienone is 2. The van der Waals surface area contributed by atoms with Crippen LogP contribution in [0, 0.1) is 0 Å². The van der Waals surface area contributed by atoms with Crippen LogP contribution in [-0.2, 0) is 9.59 Å². The standard InChI is InChI=1S/C7H10N2O2.Pb.2H/c8-6(10)4-2-1-3-5-7(9)11;;;/h2-5H,1H2,(H2,8,10)(H2,9,11);;;. The third-order valence-corrected chi connectivity index (χ3v) is 0.836. The van der Waals surface area contributed by atoms with Gasteiger partial charge in [-0.1, -0.05) is 12.2 Å². The Morgan fingerprint density at radius 3 is 1.58 bits per heavy atom. The molecular formula is C7H12N2O2Pb. The van der Waals surface area contributed by atoms with E-state index >= 15 is 0 Å². The van der Waals surface area contributed by atoms with E-state index in [-0.39, 0.29) is 27.3 Å². The Morgan fingerprint density at radius 2 is 1.33 bits per heavy atom. The number of primary amides is 2. The van der Waals surface area contributed by atoms with Gasteiger partial charge in [0.25, 0.3) is 0 Å². The van der Waals surface area contributed by atoms with Crippen LogP contribution in [0.1, 0.15) is 6.42 Å². The van der Waals surface area contributed by atoms with Crippen molar-refractivity contribution in [1.82, 2.24) is 0 Å². The van der Waals surface area contributed by atoms with E-state index in [4.69, 9.17) is 11.5 Å². The van der Waals surface area contributed by atoms with Crippen molar-refractivity contribution in [2.24, 2.45) is 11.5 Å². The molecule has 0 rings (SSSR count). The van der Waals surface area contributed by atoms with Gasteiger partial charge < -0.3 is 11.5 Å². The first kappa shape index (κ1) is 13.9. The van der Waals surface area contributed by atoms with Gasteiger partial charge in [-0.2, -0.15) is 0 Å². The third kappa shape index (κ3) is 12.1. The van der Waals surface area contributed by atoms with E-state index in [1.807, 2.05) is 0 Å². The maximum atomic E-state index is 10.1. The molecule has 0 aromatic carbocycles. The molecule has 2 radical (unpaired) electrons. The molecule has 0 aliphatic heterocycles. The van der Waals surface area contributed by atoms with E-state index in [1.54, 1.807) is 12.2 Å².